The molecule has 2 rings (SSSR count). The predicted octanol–water partition coefficient (Wildman–Crippen LogP) is 0.723. The summed E-state index contributed by atoms with van der Waals surface area (Å²) in [6, 6.07) is 2.88. The van der Waals surface area contributed by atoms with Gasteiger partial charge in [0.2, 0.25) is 10.0 Å². The molecule has 1 aliphatic heterocycles. The number of nitrogens with zero attached hydrogens (tertiary/aromatic N) is 1. The second-order valence-electron chi connectivity index (χ2n) is 5.03. The van der Waals surface area contributed by atoms with Gasteiger partial charge in [0, 0.05) is 13.7 Å². The highest BCUT2D eigenvalue weighted by atomic mass is 32.2. The molecule has 2 N–H and O–H groups in total. The molecule has 116 valence electrons. The lowest BCUT2D eigenvalue weighted by molar-refractivity contribution is 0.0570. The maximum Gasteiger partial charge on any atom is 0.256 e. The van der Waals surface area contributed by atoms with Crippen LogP contribution in [0.15, 0.2) is 23.1 Å². The van der Waals surface area contributed by atoms with Crippen molar-refractivity contribution in [1.82, 2.24) is 4.90 Å². The summed E-state index contributed by atoms with van der Waals surface area (Å²) in [5.74, 6) is -1.43. The molecule has 0 aliphatic carbocycles. The number of ether oxygens (including phenoxy) is 1. The first-order valence-corrected chi connectivity index (χ1v) is 7.97. The zero-order chi connectivity index (χ0) is 15.8. The number of hydrogen-bond donors (Lipinski definition) is 1. The monoisotopic (exact) mass is 316 g/mol. The van der Waals surface area contributed by atoms with E-state index in [1.807, 2.05) is 6.92 Å². The van der Waals surface area contributed by atoms with E-state index in [9.17, 15) is 17.6 Å². The first kappa shape index (κ1) is 15.9. The van der Waals surface area contributed by atoms with Crippen molar-refractivity contribution in [2.75, 3.05) is 13.7 Å². The Bertz CT molecular complexity index is 662. The van der Waals surface area contributed by atoms with Crippen LogP contribution in [0.4, 0.5) is 4.39 Å². The average Bonchev–Trinajstić information content (AvgIpc) is 2.82. The molecule has 1 aliphatic rings. The number of nitrogens with two attached hydrogens (primary N) is 1. The average molecular weight is 316 g/mol. The van der Waals surface area contributed by atoms with Crippen molar-refractivity contribution in [3.8, 4) is 0 Å². The molecule has 0 aromatic heterocycles. The number of halogens is 1. The molecule has 8 heteroatoms. The minimum absolute atomic E-state index is 0.120. The molecule has 1 heterocycles. The molecule has 1 saturated heterocycles. The predicted molar refractivity (Wildman–Crippen MR) is 73.7 cm³/mol. The molecule has 21 heavy (non-hydrogen) atoms. The minimum atomic E-state index is -4.00. The summed E-state index contributed by atoms with van der Waals surface area (Å²) < 4.78 is 41.7. The number of likely N-dealkylation sites (N-methyl/N-ethyl adjacent to an activating group) is 1. The maximum absolute atomic E-state index is 14.0. The van der Waals surface area contributed by atoms with E-state index < -0.39 is 21.7 Å². The topological polar surface area (TPSA) is 89.7 Å². The van der Waals surface area contributed by atoms with Gasteiger partial charge in [0.25, 0.3) is 5.91 Å². The van der Waals surface area contributed by atoms with Gasteiger partial charge in [-0.2, -0.15) is 0 Å². The SMILES string of the molecule is CC1OCCC1N(C)C(=O)c1ccc(S(N)(=O)=O)cc1F. The molecule has 1 amide bonds. The molecule has 1 aromatic rings. The number of benzene rings is 1. The Hall–Kier alpha value is -1.51. The van der Waals surface area contributed by atoms with Gasteiger partial charge in [0.05, 0.1) is 22.6 Å². The Morgan fingerprint density at radius 1 is 1.48 bits per heavy atom. The van der Waals surface area contributed by atoms with Gasteiger partial charge in [-0.25, -0.2) is 17.9 Å². The van der Waals surface area contributed by atoms with Crippen molar-refractivity contribution in [3.63, 3.8) is 0 Å². The minimum Gasteiger partial charge on any atom is -0.376 e. The van der Waals surface area contributed by atoms with Crippen LogP contribution < -0.4 is 5.14 Å². The quantitative estimate of drug-likeness (QED) is 0.890. The van der Waals surface area contributed by atoms with Crippen LogP contribution in [0.1, 0.15) is 23.7 Å². The van der Waals surface area contributed by atoms with E-state index in [4.69, 9.17) is 9.88 Å². The van der Waals surface area contributed by atoms with Crippen LogP contribution in [0.2, 0.25) is 0 Å². The van der Waals surface area contributed by atoms with Gasteiger partial charge in [0.1, 0.15) is 5.82 Å². The fourth-order valence-electron chi connectivity index (χ4n) is 2.42. The number of amides is 1. The van der Waals surface area contributed by atoms with Crippen LogP contribution in [0.25, 0.3) is 0 Å². The van der Waals surface area contributed by atoms with Gasteiger partial charge in [-0.05, 0) is 31.5 Å². The second-order valence-corrected chi connectivity index (χ2v) is 6.60. The molecular formula is C13H17FN2O4S. The Labute approximate surface area is 122 Å². The van der Waals surface area contributed by atoms with Crippen LogP contribution in [0.5, 0.6) is 0 Å². The largest absolute Gasteiger partial charge is 0.376 e. The first-order chi connectivity index (χ1) is 9.71. The smallest absolute Gasteiger partial charge is 0.256 e. The number of hydrogen-bond acceptors (Lipinski definition) is 4. The molecule has 1 aromatic carbocycles. The van der Waals surface area contributed by atoms with Gasteiger partial charge in [0.15, 0.2) is 0 Å². The van der Waals surface area contributed by atoms with Crippen LogP contribution in [-0.2, 0) is 14.8 Å². The van der Waals surface area contributed by atoms with E-state index in [-0.39, 0.29) is 22.6 Å². The van der Waals surface area contributed by atoms with Crippen molar-refractivity contribution >= 4 is 15.9 Å². The lowest BCUT2D eigenvalue weighted by atomic mass is 10.1. The van der Waals surface area contributed by atoms with E-state index in [0.717, 1.165) is 18.2 Å². The van der Waals surface area contributed by atoms with Crippen molar-refractivity contribution in [1.29, 1.82) is 0 Å². The van der Waals surface area contributed by atoms with E-state index in [2.05, 4.69) is 0 Å². The molecule has 2 atom stereocenters. The summed E-state index contributed by atoms with van der Waals surface area (Å²) in [7, 11) is -2.42. The molecule has 1 fully saturated rings. The summed E-state index contributed by atoms with van der Waals surface area (Å²) in [5.41, 5.74) is -0.191. The Morgan fingerprint density at radius 3 is 2.62 bits per heavy atom. The van der Waals surface area contributed by atoms with Crippen LogP contribution in [0, 0.1) is 5.82 Å². The molecule has 0 spiro atoms. The summed E-state index contributed by atoms with van der Waals surface area (Å²) in [6.07, 6.45) is 0.561. The molecule has 2 unspecified atom stereocenters. The van der Waals surface area contributed by atoms with Crippen LogP contribution in [-0.4, -0.2) is 45.0 Å². The van der Waals surface area contributed by atoms with E-state index in [0.29, 0.717) is 13.0 Å². The number of carbonyl (C=O) groups excluding carboxylic acids is 1. The number of carbonyl (C=O) groups is 1. The lowest BCUT2D eigenvalue weighted by Gasteiger charge is -2.27. The third kappa shape index (κ3) is 3.22. The van der Waals surface area contributed by atoms with Gasteiger partial charge >= 0.3 is 0 Å². The molecular weight excluding hydrogens is 299 g/mol. The van der Waals surface area contributed by atoms with Crippen molar-refractivity contribution < 1.29 is 22.3 Å². The molecule has 6 nitrogen and oxygen atoms in total. The van der Waals surface area contributed by atoms with E-state index >= 15 is 0 Å². The molecule has 0 saturated carbocycles. The number of sulfonamides is 1. The van der Waals surface area contributed by atoms with Gasteiger partial charge < -0.3 is 9.64 Å². The summed E-state index contributed by atoms with van der Waals surface area (Å²) in [6.45, 7) is 2.40. The highest BCUT2D eigenvalue weighted by molar-refractivity contribution is 7.89. The standard InChI is InChI=1S/C13H17FN2O4S/c1-8-12(5-6-20-8)16(2)13(17)10-4-3-9(7-11(10)14)21(15,18)19/h3-4,7-8,12H,5-6H2,1-2H3,(H2,15,18,19). The molecule has 0 bridgehead atoms. The van der Waals surface area contributed by atoms with E-state index in [1.54, 1.807) is 7.05 Å². The third-order valence-corrected chi connectivity index (χ3v) is 4.56. The van der Waals surface area contributed by atoms with Gasteiger partial charge in [-0.1, -0.05) is 0 Å². The Morgan fingerprint density at radius 2 is 2.14 bits per heavy atom. The highest BCUT2D eigenvalue weighted by Gasteiger charge is 2.32. The van der Waals surface area contributed by atoms with E-state index in [1.165, 1.54) is 4.90 Å². The third-order valence-electron chi connectivity index (χ3n) is 3.65. The molecule has 0 radical (unpaired) electrons. The van der Waals surface area contributed by atoms with Crippen molar-refractivity contribution in [3.05, 3.63) is 29.6 Å². The zero-order valence-corrected chi connectivity index (χ0v) is 12.6. The number of primary sulfonamides is 1. The van der Waals surface area contributed by atoms with Crippen LogP contribution in [0.3, 0.4) is 0 Å². The normalized spacial score (nSPS) is 22.3. The second kappa shape index (κ2) is 5.70. The summed E-state index contributed by atoms with van der Waals surface area (Å²) in [5, 5.41) is 4.92. The summed E-state index contributed by atoms with van der Waals surface area (Å²) >= 11 is 0. The summed E-state index contributed by atoms with van der Waals surface area (Å²) in [4.78, 5) is 13.4. The fraction of sp³-hybridized carbons (Fsp3) is 0.462. The van der Waals surface area contributed by atoms with Crippen LogP contribution >= 0.6 is 0 Å². The van der Waals surface area contributed by atoms with Gasteiger partial charge in [-0.3, -0.25) is 4.79 Å². The van der Waals surface area contributed by atoms with Gasteiger partial charge in [-0.15, -0.1) is 0 Å². The highest BCUT2D eigenvalue weighted by Crippen LogP contribution is 2.22. The Kier molecular flexibility index (Phi) is 4.31. The number of rotatable bonds is 3. The fourth-order valence-corrected chi connectivity index (χ4v) is 2.94. The Balaban J connectivity index is 2.27. The first-order valence-electron chi connectivity index (χ1n) is 6.43. The maximum atomic E-state index is 14.0. The van der Waals surface area contributed by atoms with Crippen molar-refractivity contribution in [2.45, 2.75) is 30.4 Å². The zero-order valence-electron chi connectivity index (χ0n) is 11.7. The lowest BCUT2D eigenvalue weighted by Crippen LogP contribution is -2.41. The van der Waals surface area contributed by atoms with Crippen molar-refractivity contribution in [2.24, 2.45) is 5.14 Å².